The molecule has 2 heterocycles. The monoisotopic (exact) mass is 538 g/mol. The number of nitrogens with one attached hydrogen (secondary N) is 1. The number of ketones is 1. The Kier molecular flexibility index (Phi) is 7.15. The Bertz CT molecular complexity index is 1610. The standard InChI is InChI=1S/C33H34N2O5/c1-33(2,3)23-11-9-20(10-12-23)29-28(30(36)21-7-6-8-24(17-21)39-4)31(37)32(38)35(29)16-15-22-19-34-27-14-13-25(40-5)18-26(22)27/h6-14,17-19,29,34,36H,15-16H2,1-5H3/t29-/m1/s1. The lowest BCUT2D eigenvalue weighted by atomic mass is 9.85. The van der Waals surface area contributed by atoms with E-state index in [-0.39, 0.29) is 23.3 Å². The maximum Gasteiger partial charge on any atom is 0.295 e. The summed E-state index contributed by atoms with van der Waals surface area (Å²) in [5, 5.41) is 12.4. The third-order valence-electron chi connectivity index (χ3n) is 7.57. The van der Waals surface area contributed by atoms with E-state index in [0.29, 0.717) is 17.7 Å². The maximum absolute atomic E-state index is 13.5. The van der Waals surface area contributed by atoms with E-state index in [1.54, 1.807) is 36.3 Å². The predicted molar refractivity (Wildman–Crippen MR) is 156 cm³/mol. The number of methoxy groups -OCH3 is 2. The molecule has 0 aliphatic carbocycles. The van der Waals surface area contributed by atoms with Gasteiger partial charge in [0, 0.05) is 29.2 Å². The number of H-pyrrole nitrogens is 1. The van der Waals surface area contributed by atoms with Crippen molar-refractivity contribution in [2.75, 3.05) is 20.8 Å². The summed E-state index contributed by atoms with van der Waals surface area (Å²) >= 11 is 0. The Morgan fingerprint density at radius 1 is 0.950 bits per heavy atom. The minimum absolute atomic E-state index is 0.0582. The molecule has 1 fully saturated rings. The Morgan fingerprint density at radius 2 is 1.65 bits per heavy atom. The number of nitrogens with zero attached hydrogens (tertiary/aromatic N) is 1. The molecule has 1 saturated heterocycles. The van der Waals surface area contributed by atoms with E-state index in [1.165, 1.54) is 7.11 Å². The number of aromatic amines is 1. The zero-order valence-corrected chi connectivity index (χ0v) is 23.4. The molecule has 5 rings (SSSR count). The minimum Gasteiger partial charge on any atom is -0.507 e. The molecule has 1 aliphatic rings. The molecule has 7 heteroatoms. The van der Waals surface area contributed by atoms with Gasteiger partial charge in [0.1, 0.15) is 17.3 Å². The van der Waals surface area contributed by atoms with Crippen molar-refractivity contribution in [3.05, 3.63) is 101 Å². The highest BCUT2D eigenvalue weighted by atomic mass is 16.5. The lowest BCUT2D eigenvalue weighted by Gasteiger charge is -2.26. The number of benzene rings is 3. The number of amides is 1. The van der Waals surface area contributed by atoms with Crippen molar-refractivity contribution in [3.8, 4) is 11.5 Å². The van der Waals surface area contributed by atoms with Gasteiger partial charge in [-0.2, -0.15) is 0 Å². The van der Waals surface area contributed by atoms with Crippen LogP contribution in [-0.2, 0) is 21.4 Å². The molecule has 1 aromatic heterocycles. The molecule has 1 amide bonds. The maximum atomic E-state index is 13.5. The third-order valence-corrected chi connectivity index (χ3v) is 7.57. The average molecular weight is 539 g/mol. The van der Waals surface area contributed by atoms with Crippen LogP contribution >= 0.6 is 0 Å². The van der Waals surface area contributed by atoms with Gasteiger partial charge < -0.3 is 24.5 Å². The first-order valence-electron chi connectivity index (χ1n) is 13.3. The molecule has 0 spiro atoms. The number of carbonyl (C=O) groups is 2. The Morgan fingerprint density at radius 3 is 2.33 bits per heavy atom. The first kappa shape index (κ1) is 27.1. The summed E-state index contributed by atoms with van der Waals surface area (Å²) in [6.45, 7) is 6.68. The Hall–Kier alpha value is -4.52. The van der Waals surface area contributed by atoms with Crippen molar-refractivity contribution in [3.63, 3.8) is 0 Å². The van der Waals surface area contributed by atoms with E-state index in [0.717, 1.165) is 33.3 Å². The number of hydrogen-bond acceptors (Lipinski definition) is 5. The summed E-state index contributed by atoms with van der Waals surface area (Å²) in [5.41, 5.74) is 4.29. The van der Waals surface area contributed by atoms with E-state index in [2.05, 4.69) is 25.8 Å². The summed E-state index contributed by atoms with van der Waals surface area (Å²) in [5.74, 6) is -0.274. The van der Waals surface area contributed by atoms with Gasteiger partial charge in [0.15, 0.2) is 0 Å². The van der Waals surface area contributed by atoms with Crippen molar-refractivity contribution in [2.24, 2.45) is 0 Å². The number of aromatic nitrogens is 1. The number of fused-ring (bicyclic) bond motifs is 1. The minimum atomic E-state index is -0.736. The van der Waals surface area contributed by atoms with Crippen molar-refractivity contribution in [1.29, 1.82) is 0 Å². The molecule has 1 atom stereocenters. The van der Waals surface area contributed by atoms with Crippen LogP contribution in [0, 0.1) is 0 Å². The van der Waals surface area contributed by atoms with Crippen LogP contribution < -0.4 is 9.47 Å². The van der Waals surface area contributed by atoms with Crippen LogP contribution in [0.4, 0.5) is 0 Å². The third kappa shape index (κ3) is 4.95. The van der Waals surface area contributed by atoms with E-state index in [4.69, 9.17) is 9.47 Å². The number of ether oxygens (including phenoxy) is 2. The Balaban J connectivity index is 1.57. The number of Topliss-reactive ketones (excluding diaryl/α,β-unsaturated/α-hetero) is 1. The molecule has 2 N–H and O–H groups in total. The lowest BCUT2D eigenvalue weighted by molar-refractivity contribution is -0.139. The molecule has 0 radical (unpaired) electrons. The zero-order valence-electron chi connectivity index (χ0n) is 23.4. The topological polar surface area (TPSA) is 91.9 Å². The van der Waals surface area contributed by atoms with Crippen LogP contribution in [0.25, 0.3) is 16.7 Å². The molecule has 40 heavy (non-hydrogen) atoms. The second kappa shape index (κ2) is 10.6. The highest BCUT2D eigenvalue weighted by Crippen LogP contribution is 2.40. The van der Waals surface area contributed by atoms with Gasteiger partial charge in [0.25, 0.3) is 11.7 Å². The van der Waals surface area contributed by atoms with Crippen LogP contribution in [-0.4, -0.2) is 47.4 Å². The Labute approximate surface area is 234 Å². The fraction of sp³-hybridized carbons (Fsp3) is 0.273. The largest absolute Gasteiger partial charge is 0.507 e. The number of likely N-dealkylation sites (tertiary alicyclic amines) is 1. The molecule has 4 aromatic rings. The molecule has 206 valence electrons. The molecule has 7 nitrogen and oxygen atoms in total. The van der Waals surface area contributed by atoms with Crippen LogP contribution in [0.15, 0.2) is 78.5 Å². The van der Waals surface area contributed by atoms with Crippen LogP contribution in [0.1, 0.15) is 49.1 Å². The quantitative estimate of drug-likeness (QED) is 0.167. The van der Waals surface area contributed by atoms with E-state index in [1.807, 2.05) is 48.7 Å². The normalized spacial score (nSPS) is 17.0. The van der Waals surface area contributed by atoms with Gasteiger partial charge in [-0.25, -0.2) is 0 Å². The molecular weight excluding hydrogens is 504 g/mol. The summed E-state index contributed by atoms with van der Waals surface area (Å²) in [6.07, 6.45) is 2.43. The second-order valence-electron chi connectivity index (χ2n) is 11.1. The van der Waals surface area contributed by atoms with Gasteiger partial charge in [-0.3, -0.25) is 9.59 Å². The SMILES string of the molecule is COc1cccc(C(O)=C2C(=O)C(=O)N(CCc3c[nH]c4ccc(OC)cc34)[C@@H]2c2ccc(C(C)(C)C)cc2)c1. The van der Waals surface area contributed by atoms with E-state index >= 15 is 0 Å². The number of carbonyl (C=O) groups excluding carboxylic acids is 2. The fourth-order valence-electron chi connectivity index (χ4n) is 5.28. The van der Waals surface area contributed by atoms with Gasteiger partial charge in [-0.15, -0.1) is 0 Å². The van der Waals surface area contributed by atoms with Crippen LogP contribution in [0.2, 0.25) is 0 Å². The van der Waals surface area contributed by atoms with Crippen LogP contribution in [0.5, 0.6) is 11.5 Å². The highest BCUT2D eigenvalue weighted by molar-refractivity contribution is 6.46. The van der Waals surface area contributed by atoms with E-state index < -0.39 is 17.7 Å². The van der Waals surface area contributed by atoms with Gasteiger partial charge in [-0.05, 0) is 58.9 Å². The molecule has 0 unspecified atom stereocenters. The average Bonchev–Trinajstić information content (AvgIpc) is 3.48. The highest BCUT2D eigenvalue weighted by Gasteiger charge is 2.46. The summed E-state index contributed by atoms with van der Waals surface area (Å²) < 4.78 is 10.7. The molecular formula is C33H34N2O5. The van der Waals surface area contributed by atoms with E-state index in [9.17, 15) is 14.7 Å². The van der Waals surface area contributed by atoms with Gasteiger partial charge in [0.05, 0.1) is 25.8 Å². The smallest absolute Gasteiger partial charge is 0.295 e. The number of hydrogen-bond donors (Lipinski definition) is 2. The molecule has 0 saturated carbocycles. The number of aliphatic hydroxyl groups is 1. The second-order valence-corrected chi connectivity index (χ2v) is 11.1. The summed E-state index contributed by atoms with van der Waals surface area (Å²) in [7, 11) is 3.16. The van der Waals surface area contributed by atoms with Crippen molar-refractivity contribution in [1.82, 2.24) is 9.88 Å². The fourth-order valence-corrected chi connectivity index (χ4v) is 5.28. The summed E-state index contributed by atoms with van der Waals surface area (Å²) in [4.78, 5) is 31.8. The molecule has 3 aromatic carbocycles. The molecule has 1 aliphatic heterocycles. The molecule has 0 bridgehead atoms. The van der Waals surface area contributed by atoms with Crippen LogP contribution in [0.3, 0.4) is 0 Å². The van der Waals surface area contributed by atoms with Gasteiger partial charge in [0.2, 0.25) is 0 Å². The van der Waals surface area contributed by atoms with Crippen molar-refractivity contribution in [2.45, 2.75) is 38.6 Å². The van der Waals surface area contributed by atoms with Gasteiger partial charge in [-0.1, -0.05) is 57.2 Å². The van der Waals surface area contributed by atoms with Crippen molar-refractivity contribution < 1.29 is 24.2 Å². The first-order chi connectivity index (χ1) is 19.1. The van der Waals surface area contributed by atoms with Gasteiger partial charge >= 0.3 is 0 Å². The first-order valence-corrected chi connectivity index (χ1v) is 13.3. The number of aliphatic hydroxyl groups excluding tert-OH is 1. The summed E-state index contributed by atoms with van der Waals surface area (Å²) in [6, 6.07) is 19.8. The lowest BCUT2D eigenvalue weighted by Crippen LogP contribution is -2.31. The van der Waals surface area contributed by atoms with Crippen molar-refractivity contribution >= 4 is 28.4 Å². The number of rotatable bonds is 7. The zero-order chi connectivity index (χ0) is 28.6. The predicted octanol–water partition coefficient (Wildman–Crippen LogP) is 6.15.